The molecule has 0 aliphatic rings. The molecule has 0 amide bonds. The monoisotopic (exact) mass is 492 g/mol. The molecule has 0 atom stereocenters. The SMILES string of the molecule is CCNC(=NCc1ccccc1OCCN(CC)CC)NCCOCC.I. The van der Waals surface area contributed by atoms with E-state index in [-0.39, 0.29) is 24.0 Å². The predicted octanol–water partition coefficient (Wildman–Crippen LogP) is 3.12. The molecule has 0 unspecified atom stereocenters. The van der Waals surface area contributed by atoms with Gasteiger partial charge in [0.25, 0.3) is 0 Å². The van der Waals surface area contributed by atoms with Gasteiger partial charge >= 0.3 is 0 Å². The highest BCUT2D eigenvalue weighted by atomic mass is 127. The maximum absolute atomic E-state index is 6.00. The van der Waals surface area contributed by atoms with E-state index in [2.05, 4.69) is 47.4 Å². The number of likely N-dealkylation sites (N-methyl/N-ethyl adjacent to an activating group) is 1. The van der Waals surface area contributed by atoms with Gasteiger partial charge in [0, 0.05) is 31.8 Å². The lowest BCUT2D eigenvalue weighted by Crippen LogP contribution is -2.39. The second kappa shape index (κ2) is 17.1. The number of aliphatic imine (C=N–C) groups is 1. The summed E-state index contributed by atoms with van der Waals surface area (Å²) in [5.74, 6) is 1.71. The standard InChI is InChI=1S/C20H36N4O2.HI/c1-5-21-20(22-13-15-25-8-4)23-17-18-11-9-10-12-19(18)26-16-14-24(6-2)7-3;/h9-12H,5-8,13-17H2,1-4H3,(H2,21,22,23);1H. The second-order valence-corrected chi connectivity index (χ2v) is 5.80. The average Bonchev–Trinajstić information content (AvgIpc) is 2.67. The lowest BCUT2D eigenvalue weighted by atomic mass is 10.2. The fourth-order valence-corrected chi connectivity index (χ4v) is 2.49. The maximum atomic E-state index is 6.00. The summed E-state index contributed by atoms with van der Waals surface area (Å²) >= 11 is 0. The third-order valence-corrected chi connectivity index (χ3v) is 4.03. The molecule has 27 heavy (non-hydrogen) atoms. The van der Waals surface area contributed by atoms with Gasteiger partial charge in [-0.1, -0.05) is 32.0 Å². The van der Waals surface area contributed by atoms with Crippen molar-refractivity contribution in [2.45, 2.75) is 34.2 Å². The Labute approximate surface area is 182 Å². The number of rotatable bonds is 13. The molecule has 0 bridgehead atoms. The van der Waals surface area contributed by atoms with Gasteiger partial charge in [-0.2, -0.15) is 0 Å². The van der Waals surface area contributed by atoms with Crippen molar-refractivity contribution in [1.82, 2.24) is 15.5 Å². The van der Waals surface area contributed by atoms with Crippen LogP contribution in [0.25, 0.3) is 0 Å². The lowest BCUT2D eigenvalue weighted by Gasteiger charge is -2.19. The zero-order chi connectivity index (χ0) is 19.0. The highest BCUT2D eigenvalue weighted by Gasteiger charge is 2.05. The van der Waals surface area contributed by atoms with Crippen LogP contribution in [0.15, 0.2) is 29.3 Å². The minimum Gasteiger partial charge on any atom is -0.492 e. The quantitative estimate of drug-likeness (QED) is 0.192. The minimum atomic E-state index is 0. The molecular weight excluding hydrogens is 455 g/mol. The summed E-state index contributed by atoms with van der Waals surface area (Å²) in [6.45, 7) is 15.7. The molecule has 0 aliphatic heterocycles. The Morgan fingerprint density at radius 3 is 2.44 bits per heavy atom. The normalized spacial score (nSPS) is 11.2. The van der Waals surface area contributed by atoms with Gasteiger partial charge in [-0.05, 0) is 33.0 Å². The first-order valence-corrected chi connectivity index (χ1v) is 9.78. The summed E-state index contributed by atoms with van der Waals surface area (Å²) in [6, 6.07) is 8.12. The number of ether oxygens (including phenoxy) is 2. The van der Waals surface area contributed by atoms with Crippen LogP contribution in [-0.2, 0) is 11.3 Å². The Kier molecular flexibility index (Phi) is 16.4. The van der Waals surface area contributed by atoms with E-state index in [0.29, 0.717) is 19.8 Å². The van der Waals surface area contributed by atoms with E-state index in [1.165, 1.54) is 0 Å². The number of guanidine groups is 1. The number of nitrogens with zero attached hydrogens (tertiary/aromatic N) is 2. The summed E-state index contributed by atoms with van der Waals surface area (Å²) in [4.78, 5) is 7.02. The Bertz CT molecular complexity index is 511. The van der Waals surface area contributed by atoms with Gasteiger partial charge in [-0.3, -0.25) is 0 Å². The van der Waals surface area contributed by atoms with Gasteiger partial charge in [-0.25, -0.2) is 4.99 Å². The molecule has 1 rings (SSSR count). The Morgan fingerprint density at radius 2 is 1.78 bits per heavy atom. The smallest absolute Gasteiger partial charge is 0.191 e. The number of hydrogen-bond donors (Lipinski definition) is 2. The maximum Gasteiger partial charge on any atom is 0.191 e. The number of nitrogens with one attached hydrogen (secondary N) is 2. The molecule has 0 saturated heterocycles. The van der Waals surface area contributed by atoms with E-state index in [1.807, 2.05) is 25.1 Å². The molecule has 0 aliphatic carbocycles. The van der Waals surface area contributed by atoms with Crippen LogP contribution in [0, 0.1) is 0 Å². The topological polar surface area (TPSA) is 58.1 Å². The zero-order valence-electron chi connectivity index (χ0n) is 17.3. The highest BCUT2D eigenvalue weighted by Crippen LogP contribution is 2.18. The largest absolute Gasteiger partial charge is 0.492 e. The van der Waals surface area contributed by atoms with Crippen LogP contribution in [0.1, 0.15) is 33.3 Å². The van der Waals surface area contributed by atoms with E-state index >= 15 is 0 Å². The van der Waals surface area contributed by atoms with Crippen LogP contribution in [0.4, 0.5) is 0 Å². The lowest BCUT2D eigenvalue weighted by molar-refractivity contribution is 0.152. The van der Waals surface area contributed by atoms with E-state index in [9.17, 15) is 0 Å². The van der Waals surface area contributed by atoms with Gasteiger partial charge in [0.1, 0.15) is 12.4 Å². The van der Waals surface area contributed by atoms with E-state index in [1.54, 1.807) is 0 Å². The molecule has 0 spiro atoms. The number of hydrogen-bond acceptors (Lipinski definition) is 4. The molecular formula is C20H37IN4O2. The predicted molar refractivity (Wildman–Crippen MR) is 124 cm³/mol. The third-order valence-electron chi connectivity index (χ3n) is 4.03. The fourth-order valence-electron chi connectivity index (χ4n) is 2.49. The Balaban J connectivity index is 0.00000676. The first-order valence-electron chi connectivity index (χ1n) is 9.78. The number of halogens is 1. The van der Waals surface area contributed by atoms with Gasteiger partial charge < -0.3 is 25.0 Å². The van der Waals surface area contributed by atoms with E-state index in [4.69, 9.17) is 9.47 Å². The van der Waals surface area contributed by atoms with Crippen LogP contribution in [-0.4, -0.2) is 63.4 Å². The molecule has 7 heteroatoms. The summed E-state index contributed by atoms with van der Waals surface area (Å²) in [7, 11) is 0. The molecule has 0 heterocycles. The van der Waals surface area contributed by atoms with Crippen molar-refractivity contribution in [3.05, 3.63) is 29.8 Å². The second-order valence-electron chi connectivity index (χ2n) is 5.80. The fraction of sp³-hybridized carbons (Fsp3) is 0.650. The van der Waals surface area contributed by atoms with Gasteiger partial charge in [-0.15, -0.1) is 24.0 Å². The average molecular weight is 492 g/mol. The zero-order valence-corrected chi connectivity index (χ0v) is 19.6. The molecule has 1 aromatic rings. The van der Waals surface area contributed by atoms with Crippen molar-refractivity contribution in [2.24, 2.45) is 4.99 Å². The highest BCUT2D eigenvalue weighted by molar-refractivity contribution is 14.0. The molecule has 1 aromatic carbocycles. The van der Waals surface area contributed by atoms with Crippen LogP contribution in [0.2, 0.25) is 0 Å². The van der Waals surface area contributed by atoms with Crippen molar-refractivity contribution in [2.75, 3.05) is 52.5 Å². The summed E-state index contributed by atoms with van der Waals surface area (Å²) < 4.78 is 11.4. The van der Waals surface area contributed by atoms with Gasteiger partial charge in [0.15, 0.2) is 5.96 Å². The molecule has 6 nitrogen and oxygen atoms in total. The van der Waals surface area contributed by atoms with Crippen LogP contribution < -0.4 is 15.4 Å². The molecule has 0 aromatic heterocycles. The first kappa shape index (κ1) is 25.9. The molecule has 0 radical (unpaired) electrons. The minimum absolute atomic E-state index is 0. The van der Waals surface area contributed by atoms with E-state index < -0.39 is 0 Å². The summed E-state index contributed by atoms with van der Waals surface area (Å²) in [5, 5.41) is 6.54. The van der Waals surface area contributed by atoms with Crippen LogP contribution >= 0.6 is 24.0 Å². The third kappa shape index (κ3) is 11.4. The van der Waals surface area contributed by atoms with Crippen LogP contribution in [0.5, 0.6) is 5.75 Å². The van der Waals surface area contributed by atoms with Crippen molar-refractivity contribution < 1.29 is 9.47 Å². The molecule has 156 valence electrons. The van der Waals surface area contributed by atoms with Gasteiger partial charge in [0.05, 0.1) is 13.2 Å². The van der Waals surface area contributed by atoms with Crippen LogP contribution in [0.3, 0.4) is 0 Å². The van der Waals surface area contributed by atoms with Gasteiger partial charge in [0.2, 0.25) is 0 Å². The van der Waals surface area contributed by atoms with Crippen molar-refractivity contribution in [3.63, 3.8) is 0 Å². The Morgan fingerprint density at radius 1 is 1.04 bits per heavy atom. The van der Waals surface area contributed by atoms with E-state index in [0.717, 1.165) is 56.6 Å². The number of benzene rings is 1. The summed E-state index contributed by atoms with van der Waals surface area (Å²) in [5.41, 5.74) is 1.09. The van der Waals surface area contributed by atoms with Crippen molar-refractivity contribution in [1.29, 1.82) is 0 Å². The Hall–Kier alpha value is -1.06. The molecule has 0 fully saturated rings. The number of para-hydroxylation sites is 1. The van der Waals surface area contributed by atoms with Crippen molar-refractivity contribution >= 4 is 29.9 Å². The molecule has 0 saturated carbocycles. The molecule has 2 N–H and O–H groups in total. The summed E-state index contributed by atoms with van der Waals surface area (Å²) in [6.07, 6.45) is 0. The van der Waals surface area contributed by atoms with Crippen molar-refractivity contribution in [3.8, 4) is 5.75 Å². The first-order chi connectivity index (χ1) is 12.7.